The van der Waals surface area contributed by atoms with Crippen molar-refractivity contribution in [3.63, 3.8) is 0 Å². The predicted octanol–water partition coefficient (Wildman–Crippen LogP) is 5.17. The van der Waals surface area contributed by atoms with Crippen LogP contribution in [0, 0.1) is 23.6 Å². The van der Waals surface area contributed by atoms with E-state index in [1.54, 1.807) is 18.2 Å². The maximum absolute atomic E-state index is 14.5. The van der Waals surface area contributed by atoms with Gasteiger partial charge in [-0.2, -0.15) is 0 Å². The Hall–Kier alpha value is -2.67. The lowest BCUT2D eigenvalue weighted by Crippen LogP contribution is -2.40. The second-order valence-electron chi connectivity index (χ2n) is 9.34. The highest BCUT2D eigenvalue weighted by molar-refractivity contribution is 7.99. The summed E-state index contributed by atoms with van der Waals surface area (Å²) in [7, 11) is 0. The third-order valence-corrected chi connectivity index (χ3v) is 8.14. The van der Waals surface area contributed by atoms with E-state index in [1.807, 2.05) is 34.9 Å². The summed E-state index contributed by atoms with van der Waals surface area (Å²) in [5, 5.41) is 12.4. The number of nitrogens with zero attached hydrogens (tertiary/aromatic N) is 3. The number of halogens is 1. The third kappa shape index (κ3) is 4.83. The molecule has 33 heavy (non-hydrogen) atoms. The minimum atomic E-state index is -0.340. The van der Waals surface area contributed by atoms with Crippen molar-refractivity contribution in [3.8, 4) is 11.4 Å². The number of nitrogens with one attached hydrogen (secondary N) is 1. The first-order valence-corrected chi connectivity index (χ1v) is 12.7. The van der Waals surface area contributed by atoms with Gasteiger partial charge in [-0.3, -0.25) is 9.36 Å². The van der Waals surface area contributed by atoms with Gasteiger partial charge in [-0.25, -0.2) is 4.39 Å². The molecule has 172 valence electrons. The zero-order valence-electron chi connectivity index (χ0n) is 18.8. The zero-order chi connectivity index (χ0) is 22.8. The summed E-state index contributed by atoms with van der Waals surface area (Å²) in [6.07, 6.45) is 5.25. The van der Waals surface area contributed by atoms with Gasteiger partial charge in [0.1, 0.15) is 5.82 Å². The van der Waals surface area contributed by atoms with E-state index in [0.29, 0.717) is 29.0 Å². The average molecular weight is 465 g/mol. The molecule has 0 spiro atoms. The molecule has 1 heterocycles. The maximum Gasteiger partial charge on any atom is 0.230 e. The number of fused-ring (bicyclic) bond motifs is 2. The van der Waals surface area contributed by atoms with E-state index >= 15 is 0 Å². The van der Waals surface area contributed by atoms with Crippen molar-refractivity contribution in [1.82, 2.24) is 20.1 Å². The van der Waals surface area contributed by atoms with E-state index < -0.39 is 0 Å². The highest BCUT2D eigenvalue weighted by Crippen LogP contribution is 2.49. The lowest BCUT2D eigenvalue weighted by Gasteiger charge is -2.28. The van der Waals surface area contributed by atoms with Crippen molar-refractivity contribution in [2.75, 3.05) is 5.75 Å². The fraction of sp³-hybridized carbons (Fsp3) is 0.423. The van der Waals surface area contributed by atoms with E-state index in [2.05, 4.69) is 22.4 Å². The molecule has 2 aromatic carbocycles. The second kappa shape index (κ2) is 9.67. The van der Waals surface area contributed by atoms with Gasteiger partial charge in [0, 0.05) is 6.04 Å². The lowest BCUT2D eigenvalue weighted by molar-refractivity contribution is -0.119. The molecule has 4 atom stereocenters. The van der Waals surface area contributed by atoms with Crippen LogP contribution in [0.1, 0.15) is 38.2 Å². The molecule has 2 saturated carbocycles. The number of aromatic nitrogens is 3. The SMILES string of the molecule is CC(NC(=O)CSc1nnc(-c2ccccc2F)n1Cc1ccccc1)C1CC2CCC1C2. The number of amides is 1. The van der Waals surface area contributed by atoms with Crippen LogP contribution in [0.3, 0.4) is 0 Å². The molecule has 0 aliphatic heterocycles. The van der Waals surface area contributed by atoms with Crippen LogP contribution < -0.4 is 5.32 Å². The Morgan fingerprint density at radius 3 is 2.64 bits per heavy atom. The van der Waals surface area contributed by atoms with Gasteiger partial charge in [0.25, 0.3) is 0 Å². The summed E-state index contributed by atoms with van der Waals surface area (Å²) >= 11 is 1.35. The Morgan fingerprint density at radius 2 is 1.91 bits per heavy atom. The molecule has 5 rings (SSSR count). The van der Waals surface area contributed by atoms with Crippen LogP contribution in [0.15, 0.2) is 59.8 Å². The first kappa shape index (κ1) is 22.1. The summed E-state index contributed by atoms with van der Waals surface area (Å²) in [6, 6.07) is 16.7. The minimum absolute atomic E-state index is 0.0111. The fourth-order valence-corrected chi connectivity index (χ4v) is 6.33. The first-order chi connectivity index (χ1) is 16.1. The number of benzene rings is 2. The smallest absolute Gasteiger partial charge is 0.230 e. The van der Waals surface area contributed by atoms with Gasteiger partial charge in [0.2, 0.25) is 5.91 Å². The Labute approximate surface area is 198 Å². The van der Waals surface area contributed by atoms with E-state index in [9.17, 15) is 9.18 Å². The molecule has 1 aromatic heterocycles. The van der Waals surface area contributed by atoms with Crippen molar-refractivity contribution < 1.29 is 9.18 Å². The van der Waals surface area contributed by atoms with Crippen molar-refractivity contribution in [3.05, 3.63) is 66.0 Å². The third-order valence-electron chi connectivity index (χ3n) is 7.17. The maximum atomic E-state index is 14.5. The van der Waals surface area contributed by atoms with Gasteiger partial charge in [-0.05, 0) is 61.6 Å². The highest BCUT2D eigenvalue weighted by atomic mass is 32.2. The van der Waals surface area contributed by atoms with E-state index in [-0.39, 0.29) is 23.5 Å². The molecule has 2 aliphatic carbocycles. The van der Waals surface area contributed by atoms with Crippen LogP contribution in [-0.4, -0.2) is 32.5 Å². The van der Waals surface area contributed by atoms with E-state index in [1.165, 1.54) is 43.5 Å². The topological polar surface area (TPSA) is 59.8 Å². The van der Waals surface area contributed by atoms with Crippen LogP contribution in [0.2, 0.25) is 0 Å². The number of thioether (sulfide) groups is 1. The normalized spacial score (nSPS) is 22.4. The van der Waals surface area contributed by atoms with Gasteiger partial charge in [0.15, 0.2) is 11.0 Å². The zero-order valence-corrected chi connectivity index (χ0v) is 19.6. The summed E-state index contributed by atoms with van der Waals surface area (Å²) in [6.45, 7) is 2.64. The molecular formula is C26H29FN4OS. The predicted molar refractivity (Wildman–Crippen MR) is 128 cm³/mol. The second-order valence-corrected chi connectivity index (χ2v) is 10.3. The van der Waals surface area contributed by atoms with Crippen molar-refractivity contribution in [2.24, 2.45) is 17.8 Å². The molecular weight excluding hydrogens is 435 g/mol. The van der Waals surface area contributed by atoms with Crippen LogP contribution in [0.4, 0.5) is 4.39 Å². The molecule has 3 aromatic rings. The standard InChI is InChI=1S/C26H29FN4OS/c1-17(22-14-19-11-12-20(22)13-19)28-24(32)16-33-26-30-29-25(21-9-5-6-10-23(21)27)31(26)15-18-7-3-2-4-8-18/h2-10,17,19-20,22H,11-16H2,1H3,(H,28,32). The highest BCUT2D eigenvalue weighted by Gasteiger charge is 2.42. The van der Waals surface area contributed by atoms with Crippen LogP contribution in [-0.2, 0) is 11.3 Å². The average Bonchev–Trinajstić information content (AvgIpc) is 3.55. The largest absolute Gasteiger partial charge is 0.353 e. The molecule has 1 N–H and O–H groups in total. The van der Waals surface area contributed by atoms with E-state index in [0.717, 1.165) is 17.4 Å². The van der Waals surface area contributed by atoms with Crippen LogP contribution in [0.5, 0.6) is 0 Å². The van der Waals surface area contributed by atoms with Crippen molar-refractivity contribution in [1.29, 1.82) is 0 Å². The fourth-order valence-electron chi connectivity index (χ4n) is 5.58. The molecule has 0 radical (unpaired) electrons. The quantitative estimate of drug-likeness (QED) is 0.468. The summed E-state index contributed by atoms with van der Waals surface area (Å²) < 4.78 is 16.4. The molecule has 2 bridgehead atoms. The van der Waals surface area contributed by atoms with E-state index in [4.69, 9.17) is 0 Å². The van der Waals surface area contributed by atoms with Gasteiger partial charge in [-0.15, -0.1) is 10.2 Å². The van der Waals surface area contributed by atoms with Gasteiger partial charge in [-0.1, -0.05) is 60.6 Å². The summed E-state index contributed by atoms with van der Waals surface area (Å²) in [4.78, 5) is 12.7. The van der Waals surface area contributed by atoms with Crippen LogP contribution in [0.25, 0.3) is 11.4 Å². The molecule has 7 heteroatoms. The molecule has 4 unspecified atom stereocenters. The number of hydrogen-bond acceptors (Lipinski definition) is 4. The molecule has 2 aliphatic rings. The number of rotatable bonds is 8. The Morgan fingerprint density at radius 1 is 1.12 bits per heavy atom. The Kier molecular flexibility index (Phi) is 6.49. The van der Waals surface area contributed by atoms with Gasteiger partial charge >= 0.3 is 0 Å². The lowest BCUT2D eigenvalue weighted by atomic mass is 9.84. The van der Waals surface area contributed by atoms with Gasteiger partial charge in [0.05, 0.1) is 17.9 Å². The van der Waals surface area contributed by atoms with Crippen LogP contribution >= 0.6 is 11.8 Å². The minimum Gasteiger partial charge on any atom is -0.353 e. The first-order valence-electron chi connectivity index (χ1n) is 11.7. The number of hydrogen-bond donors (Lipinski definition) is 1. The van der Waals surface area contributed by atoms with Crippen molar-refractivity contribution in [2.45, 2.75) is 50.4 Å². The molecule has 2 fully saturated rings. The van der Waals surface area contributed by atoms with Crippen molar-refractivity contribution >= 4 is 17.7 Å². The summed E-state index contributed by atoms with van der Waals surface area (Å²) in [5.41, 5.74) is 1.47. The monoisotopic (exact) mass is 464 g/mol. The molecule has 0 saturated heterocycles. The Bertz CT molecular complexity index is 1120. The Balaban J connectivity index is 1.30. The van der Waals surface area contributed by atoms with Gasteiger partial charge < -0.3 is 5.32 Å². The summed E-state index contributed by atoms with van der Waals surface area (Å²) in [5.74, 6) is 2.64. The number of carbonyl (C=O) groups is 1. The number of carbonyl (C=O) groups excluding carboxylic acids is 1. The molecule has 5 nitrogen and oxygen atoms in total. The molecule has 1 amide bonds.